The quantitative estimate of drug-likeness (QED) is 0.573. The van der Waals surface area contributed by atoms with Gasteiger partial charge in [-0.2, -0.15) is 0 Å². The number of carbonyl (C=O) groups excluding carboxylic acids is 2. The number of aliphatic hydroxyl groups excluding tert-OH is 1. The maximum Gasteiger partial charge on any atom is 0.328 e. The molecule has 1 saturated carbocycles. The van der Waals surface area contributed by atoms with Gasteiger partial charge in [-0.05, 0) is 37.4 Å². The molecule has 0 aromatic rings. The van der Waals surface area contributed by atoms with Crippen molar-refractivity contribution in [3.63, 3.8) is 0 Å². The molecule has 2 aliphatic rings. The van der Waals surface area contributed by atoms with Crippen LogP contribution >= 0.6 is 0 Å². The Morgan fingerprint density at radius 1 is 1.24 bits per heavy atom. The summed E-state index contributed by atoms with van der Waals surface area (Å²) in [5.41, 5.74) is 0. The van der Waals surface area contributed by atoms with Crippen LogP contribution in [-0.4, -0.2) is 62.1 Å². The molecule has 0 unspecified atom stereocenters. The first-order chi connectivity index (χ1) is 11.5. The molecular formula is C18H33NO5Si. The van der Waals surface area contributed by atoms with E-state index in [1.807, 2.05) is 0 Å². The molecule has 0 radical (unpaired) electrons. The molecule has 2 rings (SSSR count). The SMILES string of the molecule is COC(=O)[C@H]1C[C@H](O[Si](C)(C)C(C)(C)C)[C@@H](CCO)N1C(=O)C1CC1. The highest BCUT2D eigenvalue weighted by Gasteiger charge is 2.52. The first-order valence-corrected chi connectivity index (χ1v) is 12.1. The van der Waals surface area contributed by atoms with Gasteiger partial charge in [0.05, 0.1) is 19.3 Å². The van der Waals surface area contributed by atoms with Gasteiger partial charge in [-0.1, -0.05) is 20.8 Å². The number of methoxy groups -OCH3 is 1. The Hall–Kier alpha value is -0.923. The second kappa shape index (κ2) is 7.37. The number of hydrogen-bond acceptors (Lipinski definition) is 5. The van der Waals surface area contributed by atoms with E-state index in [4.69, 9.17) is 9.16 Å². The fourth-order valence-corrected chi connectivity index (χ4v) is 4.61. The molecule has 1 heterocycles. The molecule has 0 aromatic heterocycles. The molecule has 0 aromatic carbocycles. The molecule has 7 heteroatoms. The Balaban J connectivity index is 2.29. The van der Waals surface area contributed by atoms with E-state index in [0.29, 0.717) is 12.8 Å². The average molecular weight is 372 g/mol. The van der Waals surface area contributed by atoms with E-state index in [0.717, 1.165) is 12.8 Å². The highest BCUT2D eigenvalue weighted by molar-refractivity contribution is 6.74. The van der Waals surface area contributed by atoms with Crippen LogP contribution in [0.2, 0.25) is 18.1 Å². The van der Waals surface area contributed by atoms with Crippen LogP contribution in [0.4, 0.5) is 0 Å². The summed E-state index contributed by atoms with van der Waals surface area (Å²) in [6.45, 7) is 10.8. The van der Waals surface area contributed by atoms with Gasteiger partial charge in [0.2, 0.25) is 5.91 Å². The van der Waals surface area contributed by atoms with E-state index in [2.05, 4.69) is 33.9 Å². The minimum atomic E-state index is -2.06. The van der Waals surface area contributed by atoms with Crippen molar-refractivity contribution in [2.24, 2.45) is 5.92 Å². The van der Waals surface area contributed by atoms with Crippen LogP contribution < -0.4 is 0 Å². The van der Waals surface area contributed by atoms with Crippen LogP contribution in [0, 0.1) is 5.92 Å². The van der Waals surface area contributed by atoms with Gasteiger partial charge in [-0.15, -0.1) is 0 Å². The van der Waals surface area contributed by atoms with Crippen LogP contribution in [0.5, 0.6) is 0 Å². The van der Waals surface area contributed by atoms with Crippen LogP contribution in [0.25, 0.3) is 0 Å². The standard InChI is InChI=1S/C18H33NO5Si/c1-18(2,3)25(5,6)24-15-11-14(17(22)23-4)19(13(15)9-10-20)16(21)12-7-8-12/h12-15,20H,7-11H2,1-6H3/t13-,14-,15+/m1/s1. The summed E-state index contributed by atoms with van der Waals surface area (Å²) in [7, 11) is -0.711. The summed E-state index contributed by atoms with van der Waals surface area (Å²) in [6.07, 6.45) is 2.39. The molecule has 1 aliphatic heterocycles. The lowest BCUT2D eigenvalue weighted by atomic mass is 10.1. The second-order valence-corrected chi connectivity index (χ2v) is 13.5. The van der Waals surface area contributed by atoms with Gasteiger partial charge in [0.1, 0.15) is 6.04 Å². The Morgan fingerprint density at radius 3 is 2.28 bits per heavy atom. The number of ether oxygens (including phenoxy) is 1. The number of nitrogens with zero attached hydrogens (tertiary/aromatic N) is 1. The lowest BCUT2D eigenvalue weighted by Crippen LogP contribution is -2.50. The monoisotopic (exact) mass is 371 g/mol. The van der Waals surface area contributed by atoms with Crippen molar-refractivity contribution < 1.29 is 23.9 Å². The van der Waals surface area contributed by atoms with Crippen molar-refractivity contribution in [1.82, 2.24) is 4.90 Å². The van der Waals surface area contributed by atoms with E-state index in [-0.39, 0.29) is 35.6 Å². The fourth-order valence-electron chi connectivity index (χ4n) is 3.24. The summed E-state index contributed by atoms with van der Waals surface area (Å²) in [6, 6.07) is -0.874. The molecule has 25 heavy (non-hydrogen) atoms. The highest BCUT2D eigenvalue weighted by atomic mass is 28.4. The minimum absolute atomic E-state index is 0.00943. The maximum atomic E-state index is 12.8. The summed E-state index contributed by atoms with van der Waals surface area (Å²) in [4.78, 5) is 26.8. The molecule has 1 N–H and O–H groups in total. The zero-order valence-electron chi connectivity index (χ0n) is 16.4. The molecule has 0 bridgehead atoms. The van der Waals surface area contributed by atoms with Crippen LogP contribution in [0.15, 0.2) is 0 Å². The molecule has 1 aliphatic carbocycles. The van der Waals surface area contributed by atoms with E-state index in [1.54, 1.807) is 4.90 Å². The third-order valence-electron chi connectivity index (χ3n) is 5.91. The fraction of sp³-hybridized carbons (Fsp3) is 0.889. The smallest absolute Gasteiger partial charge is 0.328 e. The van der Waals surface area contributed by atoms with Crippen molar-refractivity contribution in [2.45, 2.75) is 82.8 Å². The molecule has 0 spiro atoms. The Bertz CT molecular complexity index is 512. The summed E-state index contributed by atoms with van der Waals surface area (Å²) < 4.78 is 11.5. The van der Waals surface area contributed by atoms with Crippen LogP contribution in [-0.2, 0) is 18.8 Å². The van der Waals surface area contributed by atoms with E-state index >= 15 is 0 Å². The number of hydrogen-bond donors (Lipinski definition) is 1. The second-order valence-electron chi connectivity index (χ2n) is 8.79. The number of carbonyl (C=O) groups is 2. The largest absolute Gasteiger partial charge is 0.467 e. The Kier molecular flexibility index (Phi) is 6.01. The molecule has 2 fully saturated rings. The number of rotatable bonds is 6. The summed E-state index contributed by atoms with van der Waals surface area (Å²) >= 11 is 0. The van der Waals surface area contributed by atoms with Gasteiger partial charge in [0, 0.05) is 18.9 Å². The van der Waals surface area contributed by atoms with Crippen LogP contribution in [0.3, 0.4) is 0 Å². The first-order valence-electron chi connectivity index (χ1n) is 9.22. The predicted octanol–water partition coefficient (Wildman–Crippen LogP) is 2.31. The number of aliphatic hydroxyl groups is 1. The highest BCUT2D eigenvalue weighted by Crippen LogP contribution is 2.42. The molecule has 1 saturated heterocycles. The number of likely N-dealkylation sites (tertiary alicyclic amines) is 1. The lowest BCUT2D eigenvalue weighted by molar-refractivity contribution is -0.153. The third-order valence-corrected chi connectivity index (χ3v) is 10.4. The van der Waals surface area contributed by atoms with E-state index < -0.39 is 20.3 Å². The summed E-state index contributed by atoms with van der Waals surface area (Å²) in [5, 5.41) is 9.57. The molecular weight excluding hydrogens is 338 g/mol. The van der Waals surface area contributed by atoms with Gasteiger partial charge in [0.25, 0.3) is 0 Å². The van der Waals surface area contributed by atoms with Gasteiger partial charge >= 0.3 is 5.97 Å². The topological polar surface area (TPSA) is 76.1 Å². The van der Waals surface area contributed by atoms with Gasteiger partial charge in [-0.25, -0.2) is 4.79 Å². The van der Waals surface area contributed by atoms with E-state index in [9.17, 15) is 14.7 Å². The Labute approximate surface area is 152 Å². The number of amides is 1. The number of esters is 1. The van der Waals surface area contributed by atoms with Crippen LogP contribution in [0.1, 0.15) is 46.5 Å². The zero-order chi connectivity index (χ0) is 19.0. The lowest BCUT2D eigenvalue weighted by Gasteiger charge is -2.40. The van der Waals surface area contributed by atoms with Gasteiger partial charge in [0.15, 0.2) is 8.32 Å². The van der Waals surface area contributed by atoms with Crippen molar-refractivity contribution in [3.8, 4) is 0 Å². The molecule has 144 valence electrons. The summed E-state index contributed by atoms with van der Waals surface area (Å²) in [5.74, 6) is -0.367. The predicted molar refractivity (Wildman–Crippen MR) is 97.6 cm³/mol. The third kappa shape index (κ3) is 4.26. The van der Waals surface area contributed by atoms with Gasteiger partial charge in [-0.3, -0.25) is 4.79 Å². The molecule has 1 amide bonds. The van der Waals surface area contributed by atoms with Crippen molar-refractivity contribution >= 4 is 20.2 Å². The van der Waals surface area contributed by atoms with Crippen molar-refractivity contribution in [2.75, 3.05) is 13.7 Å². The maximum absolute atomic E-state index is 12.8. The zero-order valence-corrected chi connectivity index (χ0v) is 17.4. The van der Waals surface area contributed by atoms with E-state index in [1.165, 1.54) is 7.11 Å². The Morgan fingerprint density at radius 2 is 1.84 bits per heavy atom. The van der Waals surface area contributed by atoms with Gasteiger partial charge < -0.3 is 19.2 Å². The normalized spacial score (nSPS) is 27.5. The minimum Gasteiger partial charge on any atom is -0.467 e. The first kappa shape index (κ1) is 20.4. The molecule has 6 nitrogen and oxygen atoms in total. The average Bonchev–Trinajstić information content (AvgIpc) is 3.30. The van der Waals surface area contributed by atoms with Crippen molar-refractivity contribution in [3.05, 3.63) is 0 Å². The van der Waals surface area contributed by atoms with Crippen molar-refractivity contribution in [1.29, 1.82) is 0 Å². The molecule has 3 atom stereocenters.